The minimum absolute atomic E-state index is 0.244. The number of ether oxygens (including phenoxy) is 2. The molecule has 0 saturated heterocycles. The van der Waals surface area contributed by atoms with Crippen LogP contribution in [0.15, 0.2) is 30.3 Å². The summed E-state index contributed by atoms with van der Waals surface area (Å²) < 4.78 is 10.2. The van der Waals surface area contributed by atoms with Gasteiger partial charge in [0.25, 0.3) is 0 Å². The largest absolute Gasteiger partial charge is 0.436 e. The lowest BCUT2D eigenvalue weighted by Gasteiger charge is -2.15. The summed E-state index contributed by atoms with van der Waals surface area (Å²) in [5.41, 5.74) is 0.957. The highest BCUT2D eigenvalue weighted by molar-refractivity contribution is 5.72. The first-order valence-corrected chi connectivity index (χ1v) is 5.52. The van der Waals surface area contributed by atoms with E-state index in [9.17, 15) is 4.79 Å². The van der Waals surface area contributed by atoms with E-state index in [1.165, 1.54) is 0 Å². The van der Waals surface area contributed by atoms with Gasteiger partial charge in [-0.25, -0.2) is 0 Å². The maximum atomic E-state index is 11.6. The number of carbonyl (C=O) groups excluding carboxylic acids is 1. The van der Waals surface area contributed by atoms with Crippen LogP contribution in [0, 0.1) is 0 Å². The van der Waals surface area contributed by atoms with Crippen LogP contribution in [-0.4, -0.2) is 19.4 Å². The van der Waals surface area contributed by atoms with E-state index in [1.807, 2.05) is 37.3 Å². The minimum Gasteiger partial charge on any atom is -0.436 e. The number of carbonyl (C=O) groups is 1. The Bertz CT molecular complexity index is 308. The van der Waals surface area contributed by atoms with Gasteiger partial charge in [0, 0.05) is 13.5 Å². The molecule has 0 radical (unpaired) electrons. The second-order valence-electron chi connectivity index (χ2n) is 3.61. The van der Waals surface area contributed by atoms with Gasteiger partial charge in [0.15, 0.2) is 0 Å². The monoisotopic (exact) mass is 222 g/mol. The van der Waals surface area contributed by atoms with Crippen molar-refractivity contribution in [1.82, 2.24) is 0 Å². The maximum absolute atomic E-state index is 11.6. The lowest BCUT2D eigenvalue weighted by molar-refractivity contribution is -0.173. The zero-order chi connectivity index (χ0) is 11.8. The Morgan fingerprint density at radius 2 is 2.00 bits per heavy atom. The molecule has 0 amide bonds. The van der Waals surface area contributed by atoms with Gasteiger partial charge in [0.05, 0.1) is 6.42 Å². The first kappa shape index (κ1) is 12.7. The van der Waals surface area contributed by atoms with Gasteiger partial charge in [-0.1, -0.05) is 43.7 Å². The Morgan fingerprint density at radius 1 is 1.31 bits per heavy atom. The Kier molecular flexibility index (Phi) is 5.57. The van der Waals surface area contributed by atoms with E-state index in [1.54, 1.807) is 7.11 Å². The molecule has 3 nitrogen and oxygen atoms in total. The molecule has 0 spiro atoms. The predicted octanol–water partition coefficient (Wildman–Crippen LogP) is 2.54. The molecule has 0 fully saturated rings. The van der Waals surface area contributed by atoms with Crippen molar-refractivity contribution in [1.29, 1.82) is 0 Å². The van der Waals surface area contributed by atoms with Gasteiger partial charge in [-0.3, -0.25) is 4.79 Å². The molecular formula is C13H18O3. The number of hydrogen-bond donors (Lipinski definition) is 0. The molecule has 0 aliphatic rings. The molecule has 88 valence electrons. The lowest BCUT2D eigenvalue weighted by Crippen LogP contribution is -2.21. The number of benzene rings is 1. The summed E-state index contributed by atoms with van der Waals surface area (Å²) in [6.45, 7) is 2.02. The van der Waals surface area contributed by atoms with Crippen LogP contribution in [0.25, 0.3) is 0 Å². The number of rotatable bonds is 6. The van der Waals surface area contributed by atoms with Crippen molar-refractivity contribution in [3.05, 3.63) is 35.9 Å². The fourth-order valence-corrected chi connectivity index (χ4v) is 1.41. The van der Waals surface area contributed by atoms with Gasteiger partial charge in [0.1, 0.15) is 0 Å². The molecule has 0 heterocycles. The van der Waals surface area contributed by atoms with Gasteiger partial charge in [-0.05, 0) is 5.56 Å². The third kappa shape index (κ3) is 4.45. The third-order valence-corrected chi connectivity index (χ3v) is 2.24. The van der Waals surface area contributed by atoms with E-state index in [-0.39, 0.29) is 5.97 Å². The van der Waals surface area contributed by atoms with Crippen molar-refractivity contribution in [2.75, 3.05) is 7.11 Å². The van der Waals surface area contributed by atoms with E-state index in [0.29, 0.717) is 6.42 Å². The molecule has 1 aromatic carbocycles. The van der Waals surface area contributed by atoms with Gasteiger partial charge >= 0.3 is 5.97 Å². The SMILES string of the molecule is CCCC(OC)OC(=O)Cc1ccccc1. The van der Waals surface area contributed by atoms with E-state index in [0.717, 1.165) is 18.4 Å². The molecule has 1 atom stereocenters. The average Bonchev–Trinajstić information content (AvgIpc) is 2.29. The van der Waals surface area contributed by atoms with Gasteiger partial charge < -0.3 is 9.47 Å². The van der Waals surface area contributed by atoms with Gasteiger partial charge in [0.2, 0.25) is 6.29 Å². The van der Waals surface area contributed by atoms with Crippen molar-refractivity contribution in [2.24, 2.45) is 0 Å². The quantitative estimate of drug-likeness (QED) is 0.548. The van der Waals surface area contributed by atoms with E-state index >= 15 is 0 Å². The molecule has 1 rings (SSSR count). The zero-order valence-corrected chi connectivity index (χ0v) is 9.81. The maximum Gasteiger partial charge on any atom is 0.312 e. The van der Waals surface area contributed by atoms with Crippen LogP contribution in [-0.2, 0) is 20.7 Å². The summed E-state index contributed by atoms with van der Waals surface area (Å²) in [5.74, 6) is -0.244. The van der Waals surface area contributed by atoms with Crippen LogP contribution < -0.4 is 0 Å². The molecule has 3 heteroatoms. The molecule has 0 aliphatic heterocycles. The molecule has 0 aromatic heterocycles. The molecule has 0 N–H and O–H groups in total. The number of esters is 1. The van der Waals surface area contributed by atoms with Crippen LogP contribution in [0.2, 0.25) is 0 Å². The minimum atomic E-state index is -0.416. The first-order chi connectivity index (χ1) is 7.76. The molecule has 1 aromatic rings. The zero-order valence-electron chi connectivity index (χ0n) is 9.81. The summed E-state index contributed by atoms with van der Waals surface area (Å²) in [7, 11) is 1.55. The summed E-state index contributed by atoms with van der Waals surface area (Å²) in [6.07, 6.45) is 1.54. The number of hydrogen-bond acceptors (Lipinski definition) is 3. The van der Waals surface area contributed by atoms with E-state index < -0.39 is 6.29 Å². The summed E-state index contributed by atoms with van der Waals surface area (Å²) >= 11 is 0. The van der Waals surface area contributed by atoms with Crippen molar-refractivity contribution in [2.45, 2.75) is 32.5 Å². The fourth-order valence-electron chi connectivity index (χ4n) is 1.41. The van der Waals surface area contributed by atoms with Crippen LogP contribution in [0.3, 0.4) is 0 Å². The molecular weight excluding hydrogens is 204 g/mol. The molecule has 0 aliphatic carbocycles. The van der Waals surface area contributed by atoms with Crippen LogP contribution in [0.5, 0.6) is 0 Å². The third-order valence-electron chi connectivity index (χ3n) is 2.24. The Balaban J connectivity index is 2.41. The normalized spacial score (nSPS) is 12.1. The smallest absolute Gasteiger partial charge is 0.312 e. The highest BCUT2D eigenvalue weighted by atomic mass is 16.7. The topological polar surface area (TPSA) is 35.5 Å². The van der Waals surface area contributed by atoms with Crippen LogP contribution >= 0.6 is 0 Å². The standard InChI is InChI=1S/C13H18O3/c1-3-7-13(15-2)16-12(14)10-11-8-5-4-6-9-11/h4-6,8-9,13H,3,7,10H2,1-2H3. The predicted molar refractivity (Wildman–Crippen MR) is 61.9 cm³/mol. The lowest BCUT2D eigenvalue weighted by atomic mass is 10.2. The Morgan fingerprint density at radius 3 is 2.56 bits per heavy atom. The summed E-state index contributed by atoms with van der Waals surface area (Å²) in [4.78, 5) is 11.6. The number of methoxy groups -OCH3 is 1. The fraction of sp³-hybridized carbons (Fsp3) is 0.462. The second-order valence-corrected chi connectivity index (χ2v) is 3.61. The van der Waals surface area contributed by atoms with Crippen molar-refractivity contribution in [3.63, 3.8) is 0 Å². The Labute approximate surface area is 96.4 Å². The average molecular weight is 222 g/mol. The van der Waals surface area contributed by atoms with Gasteiger partial charge in [-0.15, -0.1) is 0 Å². The van der Waals surface area contributed by atoms with Crippen LogP contribution in [0.1, 0.15) is 25.3 Å². The van der Waals surface area contributed by atoms with Crippen molar-refractivity contribution in [3.8, 4) is 0 Å². The molecule has 16 heavy (non-hydrogen) atoms. The highest BCUT2D eigenvalue weighted by Gasteiger charge is 2.12. The molecule has 1 unspecified atom stereocenters. The molecule has 0 saturated carbocycles. The van der Waals surface area contributed by atoms with E-state index in [4.69, 9.17) is 9.47 Å². The highest BCUT2D eigenvalue weighted by Crippen LogP contribution is 2.06. The first-order valence-electron chi connectivity index (χ1n) is 5.52. The summed E-state index contributed by atoms with van der Waals surface area (Å²) in [5, 5.41) is 0. The van der Waals surface area contributed by atoms with Gasteiger partial charge in [-0.2, -0.15) is 0 Å². The van der Waals surface area contributed by atoms with Crippen molar-refractivity contribution < 1.29 is 14.3 Å². The van der Waals surface area contributed by atoms with Crippen molar-refractivity contribution >= 4 is 5.97 Å². The summed E-state index contributed by atoms with van der Waals surface area (Å²) in [6, 6.07) is 9.54. The second kappa shape index (κ2) is 7.01. The Hall–Kier alpha value is -1.35. The van der Waals surface area contributed by atoms with Crippen LogP contribution in [0.4, 0.5) is 0 Å². The molecule has 0 bridgehead atoms. The van der Waals surface area contributed by atoms with E-state index in [2.05, 4.69) is 0 Å².